The van der Waals surface area contributed by atoms with Crippen LogP contribution < -0.4 is 5.73 Å². The van der Waals surface area contributed by atoms with Crippen LogP contribution in [-0.4, -0.2) is 43.5 Å². The number of allylic oxidation sites excluding steroid dienone is 4. The monoisotopic (exact) mass is 279 g/mol. The molecule has 1 fully saturated rings. The second-order valence-electron chi connectivity index (χ2n) is 5.43. The Labute approximate surface area is 125 Å². The number of piperidine rings is 1. The predicted octanol–water partition coefficient (Wildman–Crippen LogP) is 3.22. The van der Waals surface area contributed by atoms with Gasteiger partial charge in [0.25, 0.3) is 0 Å². The van der Waals surface area contributed by atoms with Crippen LogP contribution in [-0.2, 0) is 0 Å². The summed E-state index contributed by atoms with van der Waals surface area (Å²) < 4.78 is 0. The van der Waals surface area contributed by atoms with E-state index in [0.717, 1.165) is 36.9 Å². The van der Waals surface area contributed by atoms with E-state index < -0.39 is 0 Å². The smallest absolute Gasteiger partial charge is 0.0989 e. The average molecular weight is 279 g/mol. The fourth-order valence-electron chi connectivity index (χ4n) is 2.52. The molecule has 116 valence electrons. The summed E-state index contributed by atoms with van der Waals surface area (Å²) in [5.74, 6) is 1.61. The van der Waals surface area contributed by atoms with E-state index in [0.29, 0.717) is 0 Å². The molecule has 0 aromatic rings. The van der Waals surface area contributed by atoms with Crippen molar-refractivity contribution in [1.29, 1.82) is 0 Å². The summed E-state index contributed by atoms with van der Waals surface area (Å²) >= 11 is 0. The summed E-state index contributed by atoms with van der Waals surface area (Å²) in [6.45, 7) is 13.0. The molecule has 1 atom stereocenters. The molecular weight excluding hydrogens is 246 g/mol. The fourth-order valence-corrected chi connectivity index (χ4v) is 2.52. The molecule has 1 heterocycles. The molecule has 0 bridgehead atoms. The van der Waals surface area contributed by atoms with E-state index in [9.17, 15) is 0 Å². The molecule has 2 N–H and O–H groups in total. The zero-order chi connectivity index (χ0) is 15.5. The van der Waals surface area contributed by atoms with Crippen LogP contribution in [0.1, 0.15) is 33.6 Å². The maximum absolute atomic E-state index is 6.17. The Kier molecular flexibility index (Phi) is 9.91. The van der Waals surface area contributed by atoms with E-state index in [4.69, 9.17) is 5.73 Å². The third-order valence-electron chi connectivity index (χ3n) is 3.26. The predicted molar refractivity (Wildman–Crippen MR) is 90.4 cm³/mol. The number of hydrogen-bond acceptors (Lipinski definition) is 3. The lowest BCUT2D eigenvalue weighted by Crippen LogP contribution is -2.40. The highest BCUT2D eigenvalue weighted by molar-refractivity contribution is 5.23. The Bertz CT molecular complexity index is 329. The summed E-state index contributed by atoms with van der Waals surface area (Å²) in [6.07, 6.45) is 8.36. The van der Waals surface area contributed by atoms with Crippen LogP contribution in [0.25, 0.3) is 0 Å². The van der Waals surface area contributed by atoms with Crippen LogP contribution in [0.5, 0.6) is 0 Å². The number of nitrogens with zero attached hydrogens (tertiary/aromatic N) is 2. The van der Waals surface area contributed by atoms with Gasteiger partial charge in [-0.15, -0.1) is 0 Å². The summed E-state index contributed by atoms with van der Waals surface area (Å²) in [7, 11) is 4.27. The van der Waals surface area contributed by atoms with Crippen molar-refractivity contribution in [2.75, 3.05) is 33.7 Å². The summed E-state index contributed by atoms with van der Waals surface area (Å²) in [4.78, 5) is 4.56. The molecule has 1 saturated heterocycles. The summed E-state index contributed by atoms with van der Waals surface area (Å²) in [5.41, 5.74) is 7.32. The van der Waals surface area contributed by atoms with Crippen LogP contribution >= 0.6 is 0 Å². The van der Waals surface area contributed by atoms with E-state index in [1.807, 2.05) is 26.0 Å². The lowest BCUT2D eigenvalue weighted by atomic mass is 9.97. The van der Waals surface area contributed by atoms with Gasteiger partial charge >= 0.3 is 0 Å². The normalized spacial score (nSPS) is 20.5. The van der Waals surface area contributed by atoms with Gasteiger partial charge in [-0.1, -0.05) is 32.6 Å². The van der Waals surface area contributed by atoms with Gasteiger partial charge in [0, 0.05) is 19.6 Å². The first kappa shape index (κ1) is 18.8. The molecule has 0 saturated carbocycles. The second kappa shape index (κ2) is 10.6. The van der Waals surface area contributed by atoms with Crippen LogP contribution in [0.3, 0.4) is 0 Å². The zero-order valence-electron chi connectivity index (χ0n) is 14.0. The minimum atomic E-state index is 0.726. The van der Waals surface area contributed by atoms with Gasteiger partial charge in [0.15, 0.2) is 0 Å². The van der Waals surface area contributed by atoms with Crippen molar-refractivity contribution in [3.05, 3.63) is 36.2 Å². The van der Waals surface area contributed by atoms with Crippen LogP contribution in [0, 0.1) is 5.92 Å². The van der Waals surface area contributed by atoms with Crippen molar-refractivity contribution in [3.63, 3.8) is 0 Å². The molecule has 1 aliphatic heterocycles. The van der Waals surface area contributed by atoms with Gasteiger partial charge in [-0.3, -0.25) is 0 Å². The maximum atomic E-state index is 6.17. The van der Waals surface area contributed by atoms with E-state index in [2.05, 4.69) is 37.4 Å². The van der Waals surface area contributed by atoms with Gasteiger partial charge in [0.1, 0.15) is 0 Å². The highest BCUT2D eigenvalue weighted by atomic mass is 15.2. The molecule has 3 heteroatoms. The highest BCUT2D eigenvalue weighted by Gasteiger charge is 2.20. The number of hydrogen-bond donors (Lipinski definition) is 1. The van der Waals surface area contributed by atoms with Crippen LogP contribution in [0.15, 0.2) is 36.2 Å². The van der Waals surface area contributed by atoms with Gasteiger partial charge in [-0.25, -0.2) is 0 Å². The first-order valence-corrected chi connectivity index (χ1v) is 7.69. The molecule has 1 aliphatic rings. The number of likely N-dealkylation sites (tertiary alicyclic amines) is 1. The maximum Gasteiger partial charge on any atom is 0.0989 e. The molecule has 1 unspecified atom stereocenters. The SMILES string of the molecule is C=C/C=C(C)/C=C(\N)N1CCCC(CN(C)C)C1.CC. The Morgan fingerprint density at radius 3 is 2.60 bits per heavy atom. The zero-order valence-corrected chi connectivity index (χ0v) is 14.0. The van der Waals surface area contributed by atoms with Crippen molar-refractivity contribution in [2.45, 2.75) is 33.6 Å². The van der Waals surface area contributed by atoms with E-state index in [1.165, 1.54) is 12.8 Å². The van der Waals surface area contributed by atoms with Crippen molar-refractivity contribution < 1.29 is 0 Å². The third kappa shape index (κ3) is 7.39. The van der Waals surface area contributed by atoms with Crippen LogP contribution in [0.2, 0.25) is 0 Å². The van der Waals surface area contributed by atoms with Gasteiger partial charge in [0.2, 0.25) is 0 Å². The number of rotatable bonds is 5. The van der Waals surface area contributed by atoms with Gasteiger partial charge in [0.05, 0.1) is 5.82 Å². The molecule has 1 rings (SSSR count). The Hall–Kier alpha value is -1.22. The Morgan fingerprint density at radius 1 is 1.40 bits per heavy atom. The Balaban J connectivity index is 0.00000172. The first-order valence-electron chi connectivity index (χ1n) is 7.69. The quantitative estimate of drug-likeness (QED) is 0.784. The molecule has 0 radical (unpaired) electrons. The topological polar surface area (TPSA) is 32.5 Å². The molecule has 0 aromatic carbocycles. The molecule has 0 aliphatic carbocycles. The highest BCUT2D eigenvalue weighted by Crippen LogP contribution is 2.19. The number of nitrogens with two attached hydrogens (primary N) is 1. The molecule has 0 spiro atoms. The molecular formula is C17H33N3. The first-order chi connectivity index (χ1) is 9.52. The molecule has 0 aromatic heterocycles. The summed E-state index contributed by atoms with van der Waals surface area (Å²) in [6, 6.07) is 0. The molecule has 0 amide bonds. The van der Waals surface area contributed by atoms with Crippen molar-refractivity contribution >= 4 is 0 Å². The summed E-state index contributed by atoms with van der Waals surface area (Å²) in [5, 5.41) is 0. The standard InChI is InChI=1S/C15H27N3.C2H6/c1-5-7-13(2)10-15(16)18-9-6-8-14(12-18)11-17(3)4;1-2/h5,7,10,14H,1,6,8-9,11-12,16H2,2-4H3;1-2H3/b13-7+,15-10+;. The van der Waals surface area contributed by atoms with Gasteiger partial charge < -0.3 is 15.5 Å². The average Bonchev–Trinajstić information content (AvgIpc) is 2.40. The lowest BCUT2D eigenvalue weighted by Gasteiger charge is -2.35. The Morgan fingerprint density at radius 2 is 2.05 bits per heavy atom. The van der Waals surface area contributed by atoms with Crippen LogP contribution in [0.4, 0.5) is 0 Å². The second-order valence-corrected chi connectivity index (χ2v) is 5.43. The fraction of sp³-hybridized carbons (Fsp3) is 0.647. The lowest BCUT2D eigenvalue weighted by molar-refractivity contribution is 0.182. The van der Waals surface area contributed by atoms with E-state index >= 15 is 0 Å². The minimum absolute atomic E-state index is 0.726. The molecule has 3 nitrogen and oxygen atoms in total. The van der Waals surface area contributed by atoms with Gasteiger partial charge in [-0.05, 0) is 51.4 Å². The third-order valence-corrected chi connectivity index (χ3v) is 3.26. The van der Waals surface area contributed by atoms with Gasteiger partial charge in [-0.2, -0.15) is 0 Å². The van der Waals surface area contributed by atoms with E-state index in [1.54, 1.807) is 6.08 Å². The minimum Gasteiger partial charge on any atom is -0.385 e. The molecule has 20 heavy (non-hydrogen) atoms. The van der Waals surface area contributed by atoms with Crippen molar-refractivity contribution in [3.8, 4) is 0 Å². The van der Waals surface area contributed by atoms with Crippen molar-refractivity contribution in [2.24, 2.45) is 11.7 Å². The largest absolute Gasteiger partial charge is 0.385 e. The van der Waals surface area contributed by atoms with Crippen molar-refractivity contribution in [1.82, 2.24) is 9.80 Å². The van der Waals surface area contributed by atoms with E-state index in [-0.39, 0.29) is 0 Å².